The van der Waals surface area contributed by atoms with Crippen molar-refractivity contribution in [3.8, 4) is 11.5 Å². The van der Waals surface area contributed by atoms with Crippen molar-refractivity contribution in [1.82, 2.24) is 4.90 Å². The number of hydrogen-bond acceptors (Lipinski definition) is 6. The van der Waals surface area contributed by atoms with Gasteiger partial charge in [-0.15, -0.1) is 0 Å². The van der Waals surface area contributed by atoms with Crippen LogP contribution in [0.2, 0.25) is 0 Å². The monoisotopic (exact) mass is 399 g/mol. The SMILES string of the molecule is COc1cc(/C=C2/C(=O)N(c3ccccc3)C(=S)N2C)c([N+](=O)[O-])cc1OC. The number of methoxy groups -OCH3 is 2. The highest BCUT2D eigenvalue weighted by Gasteiger charge is 2.37. The Morgan fingerprint density at radius 3 is 2.29 bits per heavy atom. The molecule has 0 aliphatic carbocycles. The van der Waals surface area contributed by atoms with Gasteiger partial charge in [0, 0.05) is 7.05 Å². The first-order valence-corrected chi connectivity index (χ1v) is 8.59. The number of nitro benzene ring substituents is 1. The first kappa shape index (κ1) is 19.3. The molecule has 1 saturated heterocycles. The highest BCUT2D eigenvalue weighted by Crippen LogP contribution is 2.37. The summed E-state index contributed by atoms with van der Waals surface area (Å²) in [6, 6.07) is 11.7. The van der Waals surface area contributed by atoms with Crippen LogP contribution in [0.3, 0.4) is 0 Å². The van der Waals surface area contributed by atoms with Crippen molar-refractivity contribution in [3.05, 3.63) is 63.8 Å². The summed E-state index contributed by atoms with van der Waals surface area (Å²) in [7, 11) is 4.46. The number of benzene rings is 2. The van der Waals surface area contributed by atoms with Crippen LogP contribution in [-0.4, -0.2) is 42.1 Å². The van der Waals surface area contributed by atoms with Crippen molar-refractivity contribution >= 4 is 40.7 Å². The maximum Gasteiger partial charge on any atom is 0.281 e. The van der Waals surface area contributed by atoms with Crippen molar-refractivity contribution in [2.24, 2.45) is 0 Å². The Bertz CT molecular complexity index is 991. The van der Waals surface area contributed by atoms with Crippen molar-refractivity contribution in [3.63, 3.8) is 0 Å². The molecule has 2 aromatic carbocycles. The quantitative estimate of drug-likeness (QED) is 0.330. The minimum absolute atomic E-state index is 0.204. The number of amides is 1. The fourth-order valence-corrected chi connectivity index (χ4v) is 3.15. The molecule has 9 heteroatoms. The number of anilines is 1. The fourth-order valence-electron chi connectivity index (χ4n) is 2.87. The second-order valence-corrected chi connectivity index (χ2v) is 6.24. The third-order valence-electron chi connectivity index (χ3n) is 4.30. The first-order chi connectivity index (χ1) is 13.4. The zero-order valence-electron chi connectivity index (χ0n) is 15.4. The van der Waals surface area contributed by atoms with Gasteiger partial charge >= 0.3 is 0 Å². The summed E-state index contributed by atoms with van der Waals surface area (Å²) in [5, 5.41) is 11.8. The Hall–Kier alpha value is -3.46. The molecule has 0 bridgehead atoms. The maximum atomic E-state index is 13.0. The lowest BCUT2D eigenvalue weighted by molar-refractivity contribution is -0.385. The van der Waals surface area contributed by atoms with E-state index in [4.69, 9.17) is 21.7 Å². The number of para-hydroxylation sites is 1. The van der Waals surface area contributed by atoms with E-state index in [0.29, 0.717) is 11.4 Å². The van der Waals surface area contributed by atoms with Crippen LogP contribution in [-0.2, 0) is 4.79 Å². The average Bonchev–Trinajstić information content (AvgIpc) is 2.91. The standard InChI is InChI=1S/C19H17N3O5S/c1-20-15(18(23)21(19(20)28)13-7-5-4-6-8-13)9-12-10-16(26-2)17(27-3)11-14(12)22(24)25/h4-11H,1-3H3/b15-9-. The van der Waals surface area contributed by atoms with Crippen molar-refractivity contribution < 1.29 is 19.2 Å². The summed E-state index contributed by atoms with van der Waals surface area (Å²) >= 11 is 5.40. The van der Waals surface area contributed by atoms with E-state index in [1.807, 2.05) is 6.07 Å². The van der Waals surface area contributed by atoms with E-state index in [2.05, 4.69) is 0 Å². The van der Waals surface area contributed by atoms with Gasteiger partial charge < -0.3 is 14.4 Å². The molecule has 0 N–H and O–H groups in total. The van der Waals surface area contributed by atoms with Gasteiger partial charge in [-0.3, -0.25) is 19.8 Å². The van der Waals surface area contributed by atoms with Crippen LogP contribution in [0, 0.1) is 10.1 Å². The lowest BCUT2D eigenvalue weighted by atomic mass is 10.1. The summed E-state index contributed by atoms with van der Waals surface area (Å²) in [5.41, 5.74) is 0.824. The van der Waals surface area contributed by atoms with Gasteiger partial charge in [-0.2, -0.15) is 0 Å². The number of carbonyl (C=O) groups is 1. The Morgan fingerprint density at radius 1 is 1.11 bits per heavy atom. The van der Waals surface area contributed by atoms with E-state index >= 15 is 0 Å². The summed E-state index contributed by atoms with van der Waals surface area (Å²) in [4.78, 5) is 26.9. The maximum absolute atomic E-state index is 13.0. The van der Waals surface area contributed by atoms with Crippen molar-refractivity contribution in [2.75, 3.05) is 26.2 Å². The molecule has 8 nitrogen and oxygen atoms in total. The molecule has 1 fully saturated rings. The third-order valence-corrected chi connectivity index (χ3v) is 4.75. The van der Waals surface area contributed by atoms with Gasteiger partial charge in [0.15, 0.2) is 16.6 Å². The molecule has 1 heterocycles. The molecule has 1 amide bonds. The second-order valence-electron chi connectivity index (χ2n) is 5.87. The minimum Gasteiger partial charge on any atom is -0.493 e. The normalized spacial score (nSPS) is 15.3. The topological polar surface area (TPSA) is 85.2 Å². The molecule has 144 valence electrons. The van der Waals surface area contributed by atoms with Crippen molar-refractivity contribution in [1.29, 1.82) is 0 Å². The molecule has 0 aromatic heterocycles. The van der Waals surface area contributed by atoms with Gasteiger partial charge in [-0.05, 0) is 36.5 Å². The van der Waals surface area contributed by atoms with Crippen molar-refractivity contribution in [2.45, 2.75) is 0 Å². The molecular formula is C19H17N3O5S. The predicted octanol–water partition coefficient (Wildman–Crippen LogP) is 3.22. The Kier molecular flexibility index (Phi) is 5.27. The van der Waals surface area contributed by atoms with E-state index < -0.39 is 4.92 Å². The number of rotatable bonds is 5. The predicted molar refractivity (Wildman–Crippen MR) is 108 cm³/mol. The van der Waals surface area contributed by atoms with Crippen LogP contribution in [0.5, 0.6) is 11.5 Å². The highest BCUT2D eigenvalue weighted by atomic mass is 32.1. The molecule has 1 aliphatic heterocycles. The summed E-state index contributed by atoms with van der Waals surface area (Å²) in [5.74, 6) is 0.169. The average molecular weight is 399 g/mol. The molecule has 0 spiro atoms. The molecular weight excluding hydrogens is 382 g/mol. The van der Waals surface area contributed by atoms with Crippen LogP contribution in [0.25, 0.3) is 6.08 Å². The number of likely N-dealkylation sites (N-methyl/N-ethyl adjacent to an activating group) is 1. The Morgan fingerprint density at radius 2 is 1.71 bits per heavy atom. The Balaban J connectivity index is 2.12. The molecule has 0 radical (unpaired) electrons. The van der Waals surface area contributed by atoms with Gasteiger partial charge in [-0.25, -0.2) is 0 Å². The summed E-state index contributed by atoms with van der Waals surface area (Å²) in [6.45, 7) is 0. The lowest BCUT2D eigenvalue weighted by Gasteiger charge is -2.16. The first-order valence-electron chi connectivity index (χ1n) is 8.18. The zero-order chi connectivity index (χ0) is 20.4. The van der Waals surface area contributed by atoms with Gasteiger partial charge in [0.1, 0.15) is 5.70 Å². The van der Waals surface area contributed by atoms with E-state index in [1.54, 1.807) is 31.3 Å². The largest absolute Gasteiger partial charge is 0.493 e. The van der Waals surface area contributed by atoms with E-state index in [1.165, 1.54) is 42.2 Å². The summed E-state index contributed by atoms with van der Waals surface area (Å²) in [6.07, 6.45) is 1.43. The number of thiocarbonyl (C=S) groups is 1. The van der Waals surface area contributed by atoms with E-state index in [-0.39, 0.29) is 33.7 Å². The number of nitro groups is 1. The molecule has 2 aromatic rings. The molecule has 3 rings (SSSR count). The molecule has 0 atom stereocenters. The van der Waals surface area contributed by atoms with E-state index in [9.17, 15) is 14.9 Å². The molecule has 1 aliphatic rings. The van der Waals surface area contributed by atoms with E-state index in [0.717, 1.165) is 0 Å². The second kappa shape index (κ2) is 7.65. The van der Waals surface area contributed by atoms with Crippen LogP contribution >= 0.6 is 12.2 Å². The van der Waals surface area contributed by atoms with Gasteiger partial charge in [0.2, 0.25) is 0 Å². The van der Waals surface area contributed by atoms with Crippen LogP contribution < -0.4 is 14.4 Å². The Labute approximate surface area is 166 Å². The van der Waals surface area contributed by atoms with Crippen LogP contribution in [0.15, 0.2) is 48.2 Å². The number of ether oxygens (including phenoxy) is 2. The summed E-state index contributed by atoms with van der Waals surface area (Å²) < 4.78 is 10.4. The molecule has 0 unspecified atom stereocenters. The van der Waals surface area contributed by atoms with Gasteiger partial charge in [0.05, 0.1) is 36.5 Å². The smallest absolute Gasteiger partial charge is 0.281 e. The lowest BCUT2D eigenvalue weighted by Crippen LogP contribution is -2.30. The molecule has 0 saturated carbocycles. The molecule has 28 heavy (non-hydrogen) atoms. The number of carbonyl (C=O) groups excluding carboxylic acids is 1. The third kappa shape index (κ3) is 3.27. The zero-order valence-corrected chi connectivity index (χ0v) is 16.2. The number of hydrogen-bond donors (Lipinski definition) is 0. The van der Waals surface area contributed by atoms with Gasteiger partial charge in [0.25, 0.3) is 11.6 Å². The van der Waals surface area contributed by atoms with Crippen LogP contribution in [0.1, 0.15) is 5.56 Å². The highest BCUT2D eigenvalue weighted by molar-refractivity contribution is 7.80. The van der Waals surface area contributed by atoms with Crippen LogP contribution in [0.4, 0.5) is 11.4 Å². The minimum atomic E-state index is -0.541. The van der Waals surface area contributed by atoms with Gasteiger partial charge in [-0.1, -0.05) is 18.2 Å². The fraction of sp³-hybridized carbons (Fsp3) is 0.158. The number of nitrogens with zero attached hydrogens (tertiary/aromatic N) is 3.